The molecule has 1 nitrogen and oxygen atoms in total. The Labute approximate surface area is 260 Å². The van der Waals surface area contributed by atoms with Crippen LogP contribution in [0.15, 0.2) is 163 Å². The lowest BCUT2D eigenvalue weighted by atomic mass is 9.67. The van der Waals surface area contributed by atoms with Crippen LogP contribution in [0.3, 0.4) is 0 Å². The fraction of sp³-hybridized carbons (Fsp3) is 0.0930. The summed E-state index contributed by atoms with van der Waals surface area (Å²) in [5, 5.41) is 9.29. The molecule has 210 valence electrons. The molecule has 0 aliphatic heterocycles. The van der Waals surface area contributed by atoms with Gasteiger partial charge in [-0.25, -0.2) is 0 Å². The van der Waals surface area contributed by atoms with Gasteiger partial charge in [0.2, 0.25) is 0 Å². The molecule has 0 unspecified atom stereocenters. The summed E-state index contributed by atoms with van der Waals surface area (Å²) in [7, 11) is 0. The van der Waals surface area contributed by atoms with Crippen LogP contribution in [0.1, 0.15) is 41.2 Å². The van der Waals surface area contributed by atoms with E-state index in [9.17, 15) is 5.26 Å². The van der Waals surface area contributed by atoms with Gasteiger partial charge in [-0.05, 0) is 86.2 Å². The number of fused-ring (bicyclic) bond motifs is 3. The largest absolute Gasteiger partial charge is 0.193 e. The summed E-state index contributed by atoms with van der Waals surface area (Å²) >= 11 is 0. The second-order valence-corrected chi connectivity index (χ2v) is 11.5. The molecule has 1 aliphatic rings. The maximum absolute atomic E-state index is 9.29. The summed E-state index contributed by atoms with van der Waals surface area (Å²) in [6.07, 6.45) is 3.58. The van der Waals surface area contributed by atoms with E-state index in [0.717, 1.165) is 18.4 Å². The molecule has 0 spiro atoms. The molecule has 0 radical (unpaired) electrons. The summed E-state index contributed by atoms with van der Waals surface area (Å²) in [6.45, 7) is 2.03. The van der Waals surface area contributed by atoms with Crippen LogP contribution in [0.5, 0.6) is 0 Å². The van der Waals surface area contributed by atoms with Gasteiger partial charge in [0.1, 0.15) is 0 Å². The highest BCUT2D eigenvalue weighted by Gasteiger charge is 2.46. The zero-order valence-electron chi connectivity index (χ0n) is 24.9. The molecular formula is C43H33N. The van der Waals surface area contributed by atoms with Crippen LogP contribution in [0.2, 0.25) is 0 Å². The fourth-order valence-electron chi connectivity index (χ4n) is 6.83. The molecule has 0 saturated carbocycles. The molecule has 0 N–H and O–H groups in total. The zero-order chi connectivity index (χ0) is 29.9. The SMILES string of the molecule is CC/C(C#N)=C\Cc1ccc(-c2ccc3c(c2)-c2cc(-c4ccccc4)ccc2C3(c2ccccc2)c2ccccc2)cc1. The second kappa shape index (κ2) is 11.7. The van der Waals surface area contributed by atoms with E-state index in [0.29, 0.717) is 0 Å². The van der Waals surface area contributed by atoms with Crippen molar-refractivity contribution in [1.29, 1.82) is 5.26 Å². The molecule has 1 aliphatic carbocycles. The third-order valence-corrected chi connectivity index (χ3v) is 9.05. The first kappa shape index (κ1) is 27.4. The van der Waals surface area contributed by atoms with Gasteiger partial charge in [0.05, 0.1) is 11.5 Å². The molecule has 0 bridgehead atoms. The van der Waals surface area contributed by atoms with Crippen LogP contribution in [0.25, 0.3) is 33.4 Å². The van der Waals surface area contributed by atoms with E-state index >= 15 is 0 Å². The Balaban J connectivity index is 1.42. The Morgan fingerprint density at radius 2 is 1.02 bits per heavy atom. The number of nitriles is 1. The van der Waals surface area contributed by atoms with Crippen LogP contribution in [0.4, 0.5) is 0 Å². The molecule has 0 amide bonds. The number of hydrogen-bond acceptors (Lipinski definition) is 1. The zero-order valence-corrected chi connectivity index (χ0v) is 24.9. The van der Waals surface area contributed by atoms with Crippen molar-refractivity contribution in [2.75, 3.05) is 0 Å². The first-order chi connectivity index (χ1) is 21.7. The predicted octanol–water partition coefficient (Wildman–Crippen LogP) is 10.8. The van der Waals surface area contributed by atoms with Crippen molar-refractivity contribution < 1.29 is 0 Å². The van der Waals surface area contributed by atoms with E-state index in [1.165, 1.54) is 61.2 Å². The first-order valence-corrected chi connectivity index (χ1v) is 15.4. The van der Waals surface area contributed by atoms with Crippen molar-refractivity contribution in [3.05, 3.63) is 191 Å². The lowest BCUT2D eigenvalue weighted by molar-refractivity contribution is 0.768. The fourth-order valence-corrected chi connectivity index (χ4v) is 6.83. The van der Waals surface area contributed by atoms with Crippen molar-refractivity contribution in [3.8, 4) is 39.4 Å². The van der Waals surface area contributed by atoms with Gasteiger partial charge in [0.25, 0.3) is 0 Å². The average Bonchev–Trinajstić information content (AvgIpc) is 3.40. The van der Waals surface area contributed by atoms with Crippen molar-refractivity contribution in [2.24, 2.45) is 0 Å². The van der Waals surface area contributed by atoms with Gasteiger partial charge < -0.3 is 0 Å². The average molecular weight is 564 g/mol. The summed E-state index contributed by atoms with van der Waals surface area (Å²) in [5.41, 5.74) is 14.2. The minimum atomic E-state index is -0.422. The Kier molecular flexibility index (Phi) is 7.27. The summed E-state index contributed by atoms with van der Waals surface area (Å²) in [4.78, 5) is 0. The Bertz CT molecular complexity index is 1950. The second-order valence-electron chi connectivity index (χ2n) is 11.5. The molecule has 0 heterocycles. The predicted molar refractivity (Wildman–Crippen MR) is 182 cm³/mol. The molecule has 6 aromatic carbocycles. The monoisotopic (exact) mass is 563 g/mol. The van der Waals surface area contributed by atoms with E-state index in [4.69, 9.17) is 0 Å². The van der Waals surface area contributed by atoms with Crippen molar-refractivity contribution >= 4 is 0 Å². The highest BCUT2D eigenvalue weighted by molar-refractivity contribution is 5.91. The van der Waals surface area contributed by atoms with Crippen molar-refractivity contribution in [2.45, 2.75) is 25.2 Å². The minimum Gasteiger partial charge on any atom is -0.193 e. The van der Waals surface area contributed by atoms with Gasteiger partial charge in [0, 0.05) is 5.57 Å². The normalized spacial score (nSPS) is 13.1. The molecule has 0 aromatic heterocycles. The molecule has 6 aromatic rings. The maximum Gasteiger partial charge on any atom is 0.0943 e. The van der Waals surface area contributed by atoms with E-state index < -0.39 is 5.41 Å². The van der Waals surface area contributed by atoms with Crippen molar-refractivity contribution in [1.82, 2.24) is 0 Å². The van der Waals surface area contributed by atoms with E-state index in [1.54, 1.807) is 0 Å². The topological polar surface area (TPSA) is 23.8 Å². The summed E-state index contributed by atoms with van der Waals surface area (Å²) < 4.78 is 0. The van der Waals surface area contributed by atoms with Crippen LogP contribution in [-0.4, -0.2) is 0 Å². The molecule has 44 heavy (non-hydrogen) atoms. The summed E-state index contributed by atoms with van der Waals surface area (Å²) in [5.74, 6) is 0. The van der Waals surface area contributed by atoms with Crippen LogP contribution >= 0.6 is 0 Å². The van der Waals surface area contributed by atoms with Gasteiger partial charge in [0.15, 0.2) is 0 Å². The van der Waals surface area contributed by atoms with Crippen LogP contribution in [-0.2, 0) is 11.8 Å². The van der Waals surface area contributed by atoms with Crippen LogP contribution in [0, 0.1) is 11.3 Å². The van der Waals surface area contributed by atoms with E-state index in [2.05, 4.69) is 158 Å². The Morgan fingerprint density at radius 1 is 0.568 bits per heavy atom. The Hall–Kier alpha value is -5.45. The van der Waals surface area contributed by atoms with Gasteiger partial charge >= 0.3 is 0 Å². The Morgan fingerprint density at radius 3 is 1.50 bits per heavy atom. The van der Waals surface area contributed by atoms with E-state index in [1.807, 2.05) is 13.0 Å². The number of allylic oxidation sites excluding steroid dienone is 2. The van der Waals surface area contributed by atoms with Gasteiger partial charge in [-0.1, -0.05) is 153 Å². The molecular weight excluding hydrogens is 530 g/mol. The molecule has 1 heteroatoms. The van der Waals surface area contributed by atoms with Gasteiger partial charge in [-0.3, -0.25) is 0 Å². The highest BCUT2D eigenvalue weighted by atomic mass is 14.5. The number of benzene rings is 6. The molecule has 0 atom stereocenters. The quantitative estimate of drug-likeness (QED) is 0.177. The minimum absolute atomic E-state index is 0.422. The van der Waals surface area contributed by atoms with Gasteiger partial charge in [-0.15, -0.1) is 0 Å². The van der Waals surface area contributed by atoms with E-state index in [-0.39, 0.29) is 0 Å². The number of rotatable bonds is 7. The third-order valence-electron chi connectivity index (χ3n) is 9.05. The molecule has 0 saturated heterocycles. The number of nitrogens with zero attached hydrogens (tertiary/aromatic N) is 1. The lowest BCUT2D eigenvalue weighted by Gasteiger charge is -2.34. The van der Waals surface area contributed by atoms with Crippen molar-refractivity contribution in [3.63, 3.8) is 0 Å². The first-order valence-electron chi connectivity index (χ1n) is 15.4. The molecule has 0 fully saturated rings. The standard InChI is InChI=1S/C43H33N/c1-2-31(30-44)18-19-32-20-22-34(23-21-32)36-25-27-42-40(29-36)39-28-35(33-12-6-3-7-13-33)24-26-41(39)43(42,37-14-8-4-9-15-37)38-16-10-5-11-17-38/h3-18,20-29H,2,19H2,1H3/b31-18+. The molecule has 7 rings (SSSR count). The van der Waals surface area contributed by atoms with Gasteiger partial charge in [-0.2, -0.15) is 5.26 Å². The lowest BCUT2D eigenvalue weighted by Crippen LogP contribution is -2.28. The smallest absolute Gasteiger partial charge is 0.0943 e. The maximum atomic E-state index is 9.29. The highest BCUT2D eigenvalue weighted by Crippen LogP contribution is 2.57. The summed E-state index contributed by atoms with van der Waals surface area (Å²) in [6, 6.07) is 57.7. The number of hydrogen-bond donors (Lipinski definition) is 0. The van der Waals surface area contributed by atoms with Crippen LogP contribution < -0.4 is 0 Å². The third kappa shape index (κ3) is 4.66.